The SMILES string of the molecule is CCC(N)Cc1ccc(OC)cc1OCCS(C)(=O)=O. The third-order valence-corrected chi connectivity index (χ3v) is 3.90. The first-order valence-corrected chi connectivity index (χ1v) is 8.64. The molecule has 0 bridgehead atoms. The molecule has 1 unspecified atom stereocenters. The number of hydrogen-bond acceptors (Lipinski definition) is 5. The molecule has 1 atom stereocenters. The second kappa shape index (κ2) is 7.50. The summed E-state index contributed by atoms with van der Waals surface area (Å²) >= 11 is 0. The van der Waals surface area contributed by atoms with Crippen LogP contribution in [-0.4, -0.2) is 40.2 Å². The van der Waals surface area contributed by atoms with Crippen LogP contribution in [0.4, 0.5) is 0 Å². The van der Waals surface area contributed by atoms with Gasteiger partial charge in [-0.25, -0.2) is 8.42 Å². The monoisotopic (exact) mass is 301 g/mol. The van der Waals surface area contributed by atoms with Crippen LogP contribution in [0, 0.1) is 0 Å². The third kappa shape index (κ3) is 5.79. The number of benzene rings is 1. The quantitative estimate of drug-likeness (QED) is 0.785. The number of hydrogen-bond donors (Lipinski definition) is 1. The van der Waals surface area contributed by atoms with Crippen molar-refractivity contribution in [3.8, 4) is 11.5 Å². The summed E-state index contributed by atoms with van der Waals surface area (Å²) in [5, 5.41) is 0. The molecule has 0 amide bonds. The van der Waals surface area contributed by atoms with E-state index >= 15 is 0 Å². The predicted molar refractivity (Wildman–Crippen MR) is 80.2 cm³/mol. The van der Waals surface area contributed by atoms with Gasteiger partial charge in [0.1, 0.15) is 18.1 Å². The number of nitrogens with two attached hydrogens (primary N) is 1. The van der Waals surface area contributed by atoms with Crippen molar-refractivity contribution in [2.75, 3.05) is 25.7 Å². The number of sulfone groups is 1. The van der Waals surface area contributed by atoms with Gasteiger partial charge in [0, 0.05) is 18.4 Å². The molecule has 0 aliphatic heterocycles. The summed E-state index contributed by atoms with van der Waals surface area (Å²) in [6.07, 6.45) is 2.75. The second-order valence-corrected chi connectivity index (χ2v) is 7.08. The Morgan fingerprint density at radius 1 is 1.35 bits per heavy atom. The van der Waals surface area contributed by atoms with Crippen molar-refractivity contribution >= 4 is 9.84 Å². The van der Waals surface area contributed by atoms with E-state index in [9.17, 15) is 8.42 Å². The molecule has 20 heavy (non-hydrogen) atoms. The minimum absolute atomic E-state index is 0.0104. The van der Waals surface area contributed by atoms with Crippen LogP contribution in [0.5, 0.6) is 11.5 Å². The molecule has 0 saturated carbocycles. The molecule has 1 aromatic carbocycles. The maximum Gasteiger partial charge on any atom is 0.150 e. The molecule has 0 spiro atoms. The Balaban J connectivity index is 2.83. The first kappa shape index (κ1) is 16.8. The van der Waals surface area contributed by atoms with Crippen molar-refractivity contribution in [2.24, 2.45) is 5.73 Å². The number of ether oxygens (including phenoxy) is 2. The Kier molecular flexibility index (Phi) is 6.29. The Hall–Kier alpha value is -1.27. The van der Waals surface area contributed by atoms with Gasteiger partial charge in [-0.05, 0) is 24.5 Å². The van der Waals surface area contributed by atoms with Crippen LogP contribution in [0.3, 0.4) is 0 Å². The van der Waals surface area contributed by atoms with Crippen molar-refractivity contribution in [2.45, 2.75) is 25.8 Å². The fourth-order valence-electron chi connectivity index (χ4n) is 1.69. The van der Waals surface area contributed by atoms with Gasteiger partial charge in [-0.15, -0.1) is 0 Å². The topological polar surface area (TPSA) is 78.6 Å². The molecule has 2 N–H and O–H groups in total. The lowest BCUT2D eigenvalue weighted by Crippen LogP contribution is -2.22. The predicted octanol–water partition coefficient (Wildman–Crippen LogP) is 1.40. The van der Waals surface area contributed by atoms with E-state index in [1.807, 2.05) is 19.1 Å². The van der Waals surface area contributed by atoms with E-state index in [2.05, 4.69) is 0 Å². The van der Waals surface area contributed by atoms with Crippen LogP contribution in [0.15, 0.2) is 18.2 Å². The summed E-state index contributed by atoms with van der Waals surface area (Å²) in [6.45, 7) is 2.15. The van der Waals surface area contributed by atoms with Gasteiger partial charge in [-0.2, -0.15) is 0 Å². The summed E-state index contributed by atoms with van der Waals surface area (Å²) in [5.41, 5.74) is 6.93. The summed E-state index contributed by atoms with van der Waals surface area (Å²) in [6, 6.07) is 5.58. The molecule has 0 fully saturated rings. The summed E-state index contributed by atoms with van der Waals surface area (Å²) in [7, 11) is -1.46. The highest BCUT2D eigenvalue weighted by Gasteiger charge is 2.11. The van der Waals surface area contributed by atoms with E-state index in [-0.39, 0.29) is 18.4 Å². The van der Waals surface area contributed by atoms with Gasteiger partial charge < -0.3 is 15.2 Å². The van der Waals surface area contributed by atoms with Crippen molar-refractivity contribution in [3.05, 3.63) is 23.8 Å². The van der Waals surface area contributed by atoms with E-state index in [0.29, 0.717) is 17.9 Å². The Labute approximate surface area is 121 Å². The van der Waals surface area contributed by atoms with E-state index in [4.69, 9.17) is 15.2 Å². The van der Waals surface area contributed by atoms with E-state index in [1.165, 1.54) is 6.26 Å². The van der Waals surface area contributed by atoms with Gasteiger partial charge in [-0.1, -0.05) is 13.0 Å². The van der Waals surface area contributed by atoms with Gasteiger partial charge in [0.05, 0.1) is 12.9 Å². The maximum absolute atomic E-state index is 11.1. The zero-order valence-electron chi connectivity index (χ0n) is 12.3. The summed E-state index contributed by atoms with van der Waals surface area (Å²) in [4.78, 5) is 0. The lowest BCUT2D eigenvalue weighted by atomic mass is 10.0. The van der Waals surface area contributed by atoms with Gasteiger partial charge in [0.2, 0.25) is 0 Å². The average molecular weight is 301 g/mol. The minimum atomic E-state index is -3.03. The van der Waals surface area contributed by atoms with Crippen LogP contribution in [0.25, 0.3) is 0 Å². The van der Waals surface area contributed by atoms with Crippen LogP contribution in [0.1, 0.15) is 18.9 Å². The zero-order chi connectivity index (χ0) is 15.2. The van der Waals surface area contributed by atoms with Crippen LogP contribution < -0.4 is 15.2 Å². The molecule has 0 radical (unpaired) electrons. The lowest BCUT2D eigenvalue weighted by molar-refractivity contribution is 0.332. The molecular weight excluding hydrogens is 278 g/mol. The molecule has 0 heterocycles. The highest BCUT2D eigenvalue weighted by Crippen LogP contribution is 2.26. The standard InChI is InChI=1S/C14H23NO4S/c1-4-12(15)9-11-5-6-13(18-2)10-14(11)19-7-8-20(3,16)17/h5-6,10,12H,4,7-9,15H2,1-3H3. The smallest absolute Gasteiger partial charge is 0.150 e. The van der Waals surface area contributed by atoms with E-state index in [0.717, 1.165) is 12.0 Å². The molecule has 0 saturated heterocycles. The minimum Gasteiger partial charge on any atom is -0.497 e. The van der Waals surface area contributed by atoms with E-state index in [1.54, 1.807) is 13.2 Å². The highest BCUT2D eigenvalue weighted by atomic mass is 32.2. The molecule has 1 aromatic rings. The molecule has 6 heteroatoms. The van der Waals surface area contributed by atoms with Crippen molar-refractivity contribution in [1.29, 1.82) is 0 Å². The molecule has 5 nitrogen and oxygen atoms in total. The summed E-state index contributed by atoms with van der Waals surface area (Å²) in [5.74, 6) is 1.30. The molecular formula is C14H23NO4S. The number of rotatable bonds is 8. The first-order valence-electron chi connectivity index (χ1n) is 6.58. The van der Waals surface area contributed by atoms with Gasteiger partial charge >= 0.3 is 0 Å². The largest absolute Gasteiger partial charge is 0.497 e. The van der Waals surface area contributed by atoms with Crippen LogP contribution in [-0.2, 0) is 16.3 Å². The van der Waals surface area contributed by atoms with Gasteiger partial charge in [0.15, 0.2) is 9.84 Å². The fraction of sp³-hybridized carbons (Fsp3) is 0.571. The average Bonchev–Trinajstić information content (AvgIpc) is 2.38. The normalized spacial score (nSPS) is 13.0. The van der Waals surface area contributed by atoms with E-state index < -0.39 is 9.84 Å². The Morgan fingerprint density at radius 2 is 2.05 bits per heavy atom. The maximum atomic E-state index is 11.1. The van der Waals surface area contributed by atoms with Gasteiger partial charge in [-0.3, -0.25) is 0 Å². The van der Waals surface area contributed by atoms with Crippen molar-refractivity contribution in [1.82, 2.24) is 0 Å². The Morgan fingerprint density at radius 3 is 2.60 bits per heavy atom. The van der Waals surface area contributed by atoms with Crippen LogP contribution in [0.2, 0.25) is 0 Å². The fourth-order valence-corrected chi connectivity index (χ4v) is 2.08. The molecule has 114 valence electrons. The molecule has 0 aromatic heterocycles. The van der Waals surface area contributed by atoms with Gasteiger partial charge in [0.25, 0.3) is 0 Å². The second-order valence-electron chi connectivity index (χ2n) is 4.82. The van der Waals surface area contributed by atoms with Crippen LogP contribution >= 0.6 is 0 Å². The molecule has 0 aliphatic carbocycles. The Bertz CT molecular complexity index is 528. The highest BCUT2D eigenvalue weighted by molar-refractivity contribution is 7.90. The zero-order valence-corrected chi connectivity index (χ0v) is 13.1. The lowest BCUT2D eigenvalue weighted by Gasteiger charge is -2.15. The third-order valence-electron chi connectivity index (χ3n) is 2.99. The first-order chi connectivity index (χ1) is 9.35. The summed E-state index contributed by atoms with van der Waals surface area (Å²) < 4.78 is 33.0. The molecule has 1 rings (SSSR count). The van der Waals surface area contributed by atoms with Crippen molar-refractivity contribution in [3.63, 3.8) is 0 Å². The number of methoxy groups -OCH3 is 1. The molecule has 0 aliphatic rings. The van der Waals surface area contributed by atoms with Crippen molar-refractivity contribution < 1.29 is 17.9 Å².